The average Bonchev–Trinajstić information content (AvgIpc) is 2.42. The Morgan fingerprint density at radius 2 is 1.78 bits per heavy atom. The van der Waals surface area contributed by atoms with Gasteiger partial charge in [-0.05, 0) is 36.8 Å². The van der Waals surface area contributed by atoms with Crippen LogP contribution in [0.25, 0.3) is 0 Å². The molecule has 124 valence electrons. The lowest BCUT2D eigenvalue weighted by atomic mass is 10.2. The third kappa shape index (κ3) is 4.03. The summed E-state index contributed by atoms with van der Waals surface area (Å²) >= 11 is 2.84. The first-order valence-electron chi connectivity index (χ1n) is 6.16. The molecule has 0 heterocycles. The molecule has 0 amide bonds. The van der Waals surface area contributed by atoms with E-state index >= 15 is 0 Å². The zero-order valence-corrected chi connectivity index (χ0v) is 14.0. The van der Waals surface area contributed by atoms with Crippen molar-refractivity contribution in [3.63, 3.8) is 0 Å². The minimum Gasteiger partial charge on any atom is -0.277 e. The zero-order valence-electron chi connectivity index (χ0n) is 11.6. The van der Waals surface area contributed by atoms with Crippen molar-refractivity contribution < 1.29 is 26.0 Å². The molecule has 3 nitrogen and oxygen atoms in total. The van der Waals surface area contributed by atoms with E-state index in [0.717, 1.165) is 12.1 Å². The van der Waals surface area contributed by atoms with Crippen LogP contribution in [0.5, 0.6) is 0 Å². The van der Waals surface area contributed by atoms with Gasteiger partial charge in [-0.2, -0.15) is 13.2 Å². The van der Waals surface area contributed by atoms with Crippen molar-refractivity contribution >= 4 is 31.6 Å². The SMILES string of the molecule is Cc1cccc(NS(=O)(=O)c2cc(Br)cc(C(F)(F)F)c2)c1F. The normalized spacial score (nSPS) is 12.3. The molecule has 0 saturated heterocycles. The van der Waals surface area contributed by atoms with Crippen LogP contribution in [-0.2, 0) is 16.2 Å². The Morgan fingerprint density at radius 3 is 2.39 bits per heavy atom. The van der Waals surface area contributed by atoms with Gasteiger partial charge in [-0.1, -0.05) is 28.1 Å². The molecule has 23 heavy (non-hydrogen) atoms. The van der Waals surface area contributed by atoms with E-state index in [4.69, 9.17) is 0 Å². The van der Waals surface area contributed by atoms with Crippen molar-refractivity contribution in [2.45, 2.75) is 18.0 Å². The molecule has 0 aliphatic rings. The van der Waals surface area contributed by atoms with E-state index < -0.39 is 32.5 Å². The Bertz CT molecular complexity index is 850. The van der Waals surface area contributed by atoms with E-state index in [9.17, 15) is 26.0 Å². The molecule has 0 saturated carbocycles. The highest BCUT2D eigenvalue weighted by atomic mass is 79.9. The van der Waals surface area contributed by atoms with Crippen LogP contribution in [0.3, 0.4) is 0 Å². The largest absolute Gasteiger partial charge is 0.416 e. The third-order valence-corrected chi connectivity index (χ3v) is 4.75. The van der Waals surface area contributed by atoms with Gasteiger partial charge in [-0.3, -0.25) is 4.72 Å². The number of aryl methyl sites for hydroxylation is 1. The Balaban J connectivity index is 2.48. The second-order valence-electron chi connectivity index (χ2n) is 4.72. The second-order valence-corrected chi connectivity index (χ2v) is 7.31. The molecule has 0 atom stereocenters. The third-order valence-electron chi connectivity index (χ3n) is 2.95. The fourth-order valence-electron chi connectivity index (χ4n) is 1.81. The summed E-state index contributed by atoms with van der Waals surface area (Å²) in [7, 11) is -4.38. The van der Waals surface area contributed by atoms with E-state index in [-0.39, 0.29) is 15.7 Å². The van der Waals surface area contributed by atoms with Gasteiger partial charge in [-0.15, -0.1) is 0 Å². The molecule has 0 spiro atoms. The molecule has 9 heteroatoms. The summed E-state index contributed by atoms with van der Waals surface area (Å²) in [6.07, 6.45) is -4.71. The Hall–Kier alpha value is -1.61. The van der Waals surface area contributed by atoms with Crippen LogP contribution in [0.2, 0.25) is 0 Å². The second kappa shape index (κ2) is 6.12. The topological polar surface area (TPSA) is 46.2 Å². The molecule has 2 aromatic carbocycles. The molecular formula is C14H10BrF4NO2S. The van der Waals surface area contributed by atoms with Crippen LogP contribution in [0.15, 0.2) is 45.8 Å². The first-order valence-corrected chi connectivity index (χ1v) is 8.44. The molecule has 0 radical (unpaired) electrons. The van der Waals surface area contributed by atoms with Gasteiger partial charge < -0.3 is 0 Å². The highest BCUT2D eigenvalue weighted by molar-refractivity contribution is 9.10. The summed E-state index contributed by atoms with van der Waals surface area (Å²) < 4.78 is 78.6. The highest BCUT2D eigenvalue weighted by Gasteiger charge is 2.32. The number of sulfonamides is 1. The van der Waals surface area contributed by atoms with Crippen molar-refractivity contribution in [3.05, 3.63) is 57.8 Å². The Kier molecular flexibility index (Phi) is 4.72. The standard InChI is InChI=1S/C14H10BrF4NO2S/c1-8-3-2-4-12(13(8)16)20-23(21,22)11-6-9(14(17,18)19)5-10(15)7-11/h2-7,20H,1H3. The maximum absolute atomic E-state index is 13.9. The monoisotopic (exact) mass is 411 g/mol. The lowest BCUT2D eigenvalue weighted by Gasteiger charge is -2.13. The molecule has 0 aromatic heterocycles. The highest BCUT2D eigenvalue weighted by Crippen LogP contribution is 2.33. The predicted molar refractivity (Wildman–Crippen MR) is 81.1 cm³/mol. The zero-order chi connectivity index (χ0) is 17.4. The summed E-state index contributed by atoms with van der Waals surface area (Å²) in [6.45, 7) is 1.44. The number of alkyl halides is 3. The molecule has 0 aliphatic carbocycles. The van der Waals surface area contributed by atoms with Crippen LogP contribution in [-0.4, -0.2) is 8.42 Å². The van der Waals surface area contributed by atoms with Crippen LogP contribution in [0, 0.1) is 12.7 Å². The fraction of sp³-hybridized carbons (Fsp3) is 0.143. The molecule has 0 fully saturated rings. The first kappa shape index (κ1) is 17.7. The number of anilines is 1. The molecule has 0 unspecified atom stereocenters. The number of hydrogen-bond donors (Lipinski definition) is 1. The first-order chi connectivity index (χ1) is 10.5. The molecular weight excluding hydrogens is 402 g/mol. The van der Waals surface area contributed by atoms with Gasteiger partial charge >= 0.3 is 6.18 Å². The van der Waals surface area contributed by atoms with Crippen molar-refractivity contribution in [1.82, 2.24) is 0 Å². The lowest BCUT2D eigenvalue weighted by molar-refractivity contribution is -0.137. The summed E-state index contributed by atoms with van der Waals surface area (Å²) in [5.74, 6) is -0.790. The van der Waals surface area contributed by atoms with E-state index in [1.165, 1.54) is 25.1 Å². The fourth-order valence-corrected chi connectivity index (χ4v) is 3.59. The van der Waals surface area contributed by atoms with Gasteiger partial charge in [0.05, 0.1) is 16.1 Å². The van der Waals surface area contributed by atoms with Crippen LogP contribution in [0.1, 0.15) is 11.1 Å². The van der Waals surface area contributed by atoms with Crippen LogP contribution < -0.4 is 4.72 Å². The van der Waals surface area contributed by atoms with Crippen molar-refractivity contribution in [2.24, 2.45) is 0 Å². The number of rotatable bonds is 3. The molecule has 2 aromatic rings. The number of halogens is 5. The molecule has 0 aliphatic heterocycles. The van der Waals surface area contributed by atoms with E-state index in [1.807, 2.05) is 4.72 Å². The van der Waals surface area contributed by atoms with E-state index in [2.05, 4.69) is 15.9 Å². The maximum Gasteiger partial charge on any atom is 0.416 e. The molecule has 0 bridgehead atoms. The van der Waals surface area contributed by atoms with E-state index in [1.54, 1.807) is 0 Å². The van der Waals surface area contributed by atoms with Gasteiger partial charge in [0.1, 0.15) is 5.82 Å². The average molecular weight is 412 g/mol. The summed E-state index contributed by atoms with van der Waals surface area (Å²) in [6, 6.07) is 6.30. The van der Waals surface area contributed by atoms with Crippen molar-refractivity contribution in [3.8, 4) is 0 Å². The predicted octanol–water partition coefficient (Wildman–Crippen LogP) is 4.72. The Morgan fingerprint density at radius 1 is 1.13 bits per heavy atom. The van der Waals surface area contributed by atoms with E-state index in [0.29, 0.717) is 6.07 Å². The van der Waals surface area contributed by atoms with Crippen LogP contribution >= 0.6 is 15.9 Å². The number of benzene rings is 2. The summed E-state index contributed by atoms with van der Waals surface area (Å²) in [5, 5.41) is 0. The van der Waals surface area contributed by atoms with Gasteiger partial charge in [-0.25, -0.2) is 12.8 Å². The van der Waals surface area contributed by atoms with Crippen molar-refractivity contribution in [1.29, 1.82) is 0 Å². The van der Waals surface area contributed by atoms with Crippen molar-refractivity contribution in [2.75, 3.05) is 4.72 Å². The van der Waals surface area contributed by atoms with Gasteiger partial charge in [0.25, 0.3) is 10.0 Å². The number of nitrogens with one attached hydrogen (secondary N) is 1. The van der Waals surface area contributed by atoms with Crippen LogP contribution in [0.4, 0.5) is 23.2 Å². The quantitative estimate of drug-likeness (QED) is 0.742. The lowest BCUT2D eigenvalue weighted by Crippen LogP contribution is -2.16. The van der Waals surface area contributed by atoms with Gasteiger partial charge in [0.2, 0.25) is 0 Å². The summed E-state index contributed by atoms with van der Waals surface area (Å²) in [4.78, 5) is -0.625. The number of hydrogen-bond acceptors (Lipinski definition) is 2. The minimum atomic E-state index is -4.71. The summed E-state index contributed by atoms with van der Waals surface area (Å²) in [5.41, 5.74) is -1.26. The van der Waals surface area contributed by atoms with Gasteiger partial charge in [0, 0.05) is 4.47 Å². The minimum absolute atomic E-state index is 0.0579. The smallest absolute Gasteiger partial charge is 0.277 e. The molecule has 1 N–H and O–H groups in total. The maximum atomic E-state index is 13.9. The van der Waals surface area contributed by atoms with Gasteiger partial charge in [0.15, 0.2) is 0 Å². The molecule has 2 rings (SSSR count). The Labute approximate surface area is 138 Å².